The minimum absolute atomic E-state index is 0.0691. The maximum atomic E-state index is 11.5. The molecule has 0 radical (unpaired) electrons. The van der Waals surface area contributed by atoms with Gasteiger partial charge in [0.1, 0.15) is 0 Å². The van der Waals surface area contributed by atoms with Crippen LogP contribution in [0, 0.1) is 4.91 Å². The Kier molecular flexibility index (Phi) is 12.4. The fourth-order valence-corrected chi connectivity index (χ4v) is 2.49. The number of nitrogens with zero attached hydrogens (tertiary/aromatic N) is 2. The first-order valence-electron chi connectivity index (χ1n) is 7.81. The predicted octanol–water partition coefficient (Wildman–Crippen LogP) is 3.80. The van der Waals surface area contributed by atoms with E-state index in [-0.39, 0.29) is 12.5 Å². The Morgan fingerprint density at radius 1 is 1.13 bits per heavy atom. The Labute approximate surface area is 138 Å². The molecule has 0 aromatic carbocycles. The van der Waals surface area contributed by atoms with E-state index in [9.17, 15) is 14.3 Å². The summed E-state index contributed by atoms with van der Waals surface area (Å²) in [5.74, 6) is -0.0733. The Hall–Kier alpha value is -1.30. The maximum Gasteiger partial charge on any atom is 0.487 e. The molecular formula is C15H27N2O5P. The molecule has 132 valence electrons. The third-order valence-corrected chi connectivity index (χ3v) is 4.00. The summed E-state index contributed by atoms with van der Waals surface area (Å²) in [6, 6.07) is 0. The molecule has 23 heavy (non-hydrogen) atoms. The number of carbonyl (C=O) groups is 1. The molecule has 1 unspecified atom stereocenters. The molecule has 1 atom stereocenters. The van der Waals surface area contributed by atoms with Gasteiger partial charge in [-0.3, -0.25) is 9.32 Å². The minimum atomic E-state index is -4.25. The second-order valence-electron chi connectivity index (χ2n) is 5.16. The highest BCUT2D eigenvalue weighted by Gasteiger charge is 2.18. The van der Waals surface area contributed by atoms with Gasteiger partial charge in [-0.25, -0.2) is 4.57 Å². The van der Waals surface area contributed by atoms with E-state index in [2.05, 4.69) is 17.7 Å². The molecule has 1 N–H and O–H groups in total. The van der Waals surface area contributed by atoms with Crippen molar-refractivity contribution in [1.82, 2.24) is 4.90 Å². The van der Waals surface area contributed by atoms with Crippen molar-refractivity contribution in [2.24, 2.45) is 4.95 Å². The number of hydrogen-bond donors (Lipinski definition) is 1. The van der Waals surface area contributed by atoms with Crippen molar-refractivity contribution in [3.05, 3.63) is 30.2 Å². The van der Waals surface area contributed by atoms with Crippen LogP contribution in [0.15, 0.2) is 30.3 Å². The summed E-state index contributed by atoms with van der Waals surface area (Å²) in [6.07, 6.45) is 9.61. The summed E-state index contributed by atoms with van der Waals surface area (Å²) >= 11 is 0. The monoisotopic (exact) mass is 346 g/mol. The van der Waals surface area contributed by atoms with E-state index < -0.39 is 7.75 Å². The molecule has 0 aliphatic heterocycles. The molecule has 0 saturated carbocycles. The second-order valence-corrected chi connectivity index (χ2v) is 6.56. The van der Waals surface area contributed by atoms with Crippen LogP contribution in [0.3, 0.4) is 0 Å². The topological polar surface area (TPSA) is 96.3 Å². The number of rotatable bonds is 15. The number of nitroso groups, excluding NO2 is 1. The molecular weight excluding hydrogens is 319 g/mol. The van der Waals surface area contributed by atoms with Crippen molar-refractivity contribution < 1.29 is 18.8 Å². The van der Waals surface area contributed by atoms with Gasteiger partial charge in [0.25, 0.3) is 0 Å². The van der Waals surface area contributed by atoms with Crippen LogP contribution in [-0.4, -0.2) is 35.4 Å². The van der Waals surface area contributed by atoms with E-state index in [1.807, 2.05) is 4.95 Å². The zero-order chi connectivity index (χ0) is 17.6. The normalized spacial score (nSPS) is 13.1. The molecule has 0 heterocycles. The smallest absolute Gasteiger partial charge is 0.335 e. The van der Waals surface area contributed by atoms with Crippen molar-refractivity contribution in [1.29, 1.82) is 0 Å². The van der Waals surface area contributed by atoms with Crippen LogP contribution in [0.1, 0.15) is 44.9 Å². The van der Waals surface area contributed by atoms with Gasteiger partial charge in [0.2, 0.25) is 5.91 Å². The standard InChI is InChI=1S/C15H27N2O5P/c1-3-12-17(15(18)4-2)13-10-8-6-5-7-9-11-14-22-23(20,21)16-19/h3-4H,1-2,5-14H2,(H,20,21). The van der Waals surface area contributed by atoms with E-state index in [0.717, 1.165) is 38.5 Å². The van der Waals surface area contributed by atoms with Gasteiger partial charge in [0.15, 0.2) is 0 Å². The number of hydrogen-bond acceptors (Lipinski definition) is 4. The molecule has 1 amide bonds. The first-order chi connectivity index (χ1) is 11.0. The molecule has 8 heteroatoms. The fourth-order valence-electron chi connectivity index (χ4n) is 2.07. The fraction of sp³-hybridized carbons (Fsp3) is 0.667. The lowest BCUT2D eigenvalue weighted by Crippen LogP contribution is -2.30. The minimum Gasteiger partial charge on any atom is -0.335 e. The summed E-state index contributed by atoms with van der Waals surface area (Å²) < 4.78 is 15.3. The van der Waals surface area contributed by atoms with Gasteiger partial charge in [-0.1, -0.05) is 44.8 Å². The van der Waals surface area contributed by atoms with Crippen LogP contribution >= 0.6 is 7.75 Å². The lowest BCUT2D eigenvalue weighted by Gasteiger charge is -2.19. The number of unbranched alkanes of at least 4 members (excludes halogenated alkanes) is 6. The van der Waals surface area contributed by atoms with Crippen LogP contribution in [0.4, 0.5) is 0 Å². The van der Waals surface area contributed by atoms with Gasteiger partial charge in [-0.15, -0.1) is 11.5 Å². The average molecular weight is 346 g/mol. The Morgan fingerprint density at radius 3 is 2.22 bits per heavy atom. The van der Waals surface area contributed by atoms with Crippen molar-refractivity contribution in [2.45, 2.75) is 44.9 Å². The van der Waals surface area contributed by atoms with Crippen LogP contribution < -0.4 is 0 Å². The van der Waals surface area contributed by atoms with Gasteiger partial charge in [0, 0.05) is 18.0 Å². The lowest BCUT2D eigenvalue weighted by molar-refractivity contribution is -0.125. The van der Waals surface area contributed by atoms with E-state index in [1.165, 1.54) is 6.08 Å². The average Bonchev–Trinajstić information content (AvgIpc) is 2.54. The Morgan fingerprint density at radius 2 is 1.70 bits per heavy atom. The lowest BCUT2D eigenvalue weighted by atomic mass is 10.1. The van der Waals surface area contributed by atoms with Gasteiger partial charge in [-0.2, -0.15) is 0 Å². The molecule has 0 bridgehead atoms. The quantitative estimate of drug-likeness (QED) is 0.160. The van der Waals surface area contributed by atoms with Crippen LogP contribution in [0.25, 0.3) is 0 Å². The first kappa shape index (κ1) is 21.7. The third-order valence-electron chi connectivity index (χ3n) is 3.27. The van der Waals surface area contributed by atoms with Gasteiger partial charge in [0.05, 0.1) is 6.61 Å². The zero-order valence-corrected chi connectivity index (χ0v) is 14.5. The molecule has 7 nitrogen and oxygen atoms in total. The van der Waals surface area contributed by atoms with Gasteiger partial charge < -0.3 is 9.79 Å². The molecule has 0 saturated heterocycles. The summed E-state index contributed by atoms with van der Waals surface area (Å²) in [5, 5.41) is 0. The number of amides is 1. The second kappa shape index (κ2) is 13.2. The van der Waals surface area contributed by atoms with Crippen molar-refractivity contribution in [3.8, 4) is 0 Å². The van der Waals surface area contributed by atoms with Gasteiger partial charge >= 0.3 is 7.75 Å². The van der Waals surface area contributed by atoms with E-state index in [0.29, 0.717) is 19.5 Å². The van der Waals surface area contributed by atoms with Crippen LogP contribution in [-0.2, 0) is 13.9 Å². The Balaban J connectivity index is 3.53. The van der Waals surface area contributed by atoms with Gasteiger partial charge in [-0.05, 0) is 18.9 Å². The largest absolute Gasteiger partial charge is 0.487 e. The highest BCUT2D eigenvalue weighted by atomic mass is 31.2. The molecule has 0 rings (SSSR count). The van der Waals surface area contributed by atoms with Crippen molar-refractivity contribution in [3.63, 3.8) is 0 Å². The molecule has 0 spiro atoms. The number of carbonyl (C=O) groups excluding carboxylic acids is 1. The molecule has 0 aromatic heterocycles. The molecule has 0 aliphatic carbocycles. The molecule has 0 fully saturated rings. The summed E-state index contributed by atoms with van der Waals surface area (Å²) in [4.78, 5) is 34.0. The summed E-state index contributed by atoms with van der Waals surface area (Å²) in [5.41, 5.74) is 0. The van der Waals surface area contributed by atoms with Crippen molar-refractivity contribution in [2.75, 3.05) is 19.7 Å². The SMILES string of the molecule is C=CCN(CCCCCCCCCOP(=O)(O)N=O)C(=O)C=C. The van der Waals surface area contributed by atoms with E-state index in [4.69, 9.17) is 4.89 Å². The zero-order valence-electron chi connectivity index (χ0n) is 13.6. The third kappa shape index (κ3) is 11.9. The van der Waals surface area contributed by atoms with Crippen LogP contribution in [0.2, 0.25) is 0 Å². The maximum absolute atomic E-state index is 11.5. The van der Waals surface area contributed by atoms with Crippen LogP contribution in [0.5, 0.6) is 0 Å². The van der Waals surface area contributed by atoms with Crippen molar-refractivity contribution >= 4 is 13.7 Å². The van der Waals surface area contributed by atoms with E-state index in [1.54, 1.807) is 11.0 Å². The first-order valence-corrected chi connectivity index (χ1v) is 9.34. The Bertz CT molecular complexity index is 428. The van der Waals surface area contributed by atoms with E-state index >= 15 is 0 Å². The highest BCUT2D eigenvalue weighted by molar-refractivity contribution is 7.51. The highest BCUT2D eigenvalue weighted by Crippen LogP contribution is 2.42. The predicted molar refractivity (Wildman–Crippen MR) is 90.9 cm³/mol. The summed E-state index contributed by atoms with van der Waals surface area (Å²) in [6.45, 7) is 8.43. The molecule has 0 aromatic rings. The molecule has 0 aliphatic rings. The summed E-state index contributed by atoms with van der Waals surface area (Å²) in [7, 11) is -4.25.